The molecule has 2 N–H and O–H groups in total. The van der Waals surface area contributed by atoms with Gasteiger partial charge in [0.15, 0.2) is 0 Å². The van der Waals surface area contributed by atoms with Gasteiger partial charge in [0.25, 0.3) is 5.91 Å². The Labute approximate surface area is 119 Å². The van der Waals surface area contributed by atoms with Gasteiger partial charge in [-0.05, 0) is 18.6 Å². The quantitative estimate of drug-likeness (QED) is 0.864. The van der Waals surface area contributed by atoms with Gasteiger partial charge < -0.3 is 10.6 Å². The van der Waals surface area contributed by atoms with Crippen LogP contribution in [0.4, 0.5) is 14.6 Å². The zero-order chi connectivity index (χ0) is 15.0. The third-order valence-electron chi connectivity index (χ3n) is 3.49. The number of halogens is 2. The number of anilines is 1. The first kappa shape index (κ1) is 13.4. The van der Waals surface area contributed by atoms with E-state index in [2.05, 4.69) is 9.97 Å². The van der Waals surface area contributed by atoms with Crippen LogP contribution in [-0.2, 0) is 13.0 Å². The van der Waals surface area contributed by atoms with E-state index >= 15 is 0 Å². The second kappa shape index (κ2) is 5.08. The van der Waals surface area contributed by atoms with Crippen molar-refractivity contribution >= 4 is 11.7 Å². The number of hydrogen-bond acceptors (Lipinski definition) is 4. The molecule has 3 rings (SSSR count). The van der Waals surface area contributed by atoms with Gasteiger partial charge in [-0.2, -0.15) is 0 Å². The first-order valence-corrected chi connectivity index (χ1v) is 6.39. The monoisotopic (exact) mass is 290 g/mol. The Morgan fingerprint density at radius 2 is 2.10 bits per heavy atom. The average Bonchev–Trinajstić information content (AvgIpc) is 2.46. The van der Waals surface area contributed by atoms with E-state index in [1.54, 1.807) is 0 Å². The van der Waals surface area contributed by atoms with Gasteiger partial charge in [0.05, 0.1) is 17.8 Å². The van der Waals surface area contributed by atoms with E-state index in [0.29, 0.717) is 30.5 Å². The van der Waals surface area contributed by atoms with Gasteiger partial charge in [-0.15, -0.1) is 0 Å². The van der Waals surface area contributed by atoms with Crippen molar-refractivity contribution in [2.24, 2.45) is 0 Å². The molecule has 1 aromatic carbocycles. The first-order valence-electron chi connectivity index (χ1n) is 6.39. The largest absolute Gasteiger partial charge is 0.383 e. The molecule has 0 fully saturated rings. The van der Waals surface area contributed by atoms with Crippen LogP contribution in [0.5, 0.6) is 0 Å². The van der Waals surface area contributed by atoms with Crippen LogP contribution in [0.3, 0.4) is 0 Å². The summed E-state index contributed by atoms with van der Waals surface area (Å²) in [4.78, 5) is 21.8. The molecule has 5 nitrogen and oxygen atoms in total. The molecule has 0 saturated heterocycles. The summed E-state index contributed by atoms with van der Waals surface area (Å²) in [5.41, 5.74) is 7.09. The summed E-state index contributed by atoms with van der Waals surface area (Å²) in [5.74, 6) is -1.67. The summed E-state index contributed by atoms with van der Waals surface area (Å²) in [6.45, 7) is 0.623. The summed E-state index contributed by atoms with van der Waals surface area (Å²) in [7, 11) is 0. The lowest BCUT2D eigenvalue weighted by Crippen LogP contribution is -2.37. The van der Waals surface area contributed by atoms with E-state index in [4.69, 9.17) is 5.73 Å². The highest BCUT2D eigenvalue weighted by Gasteiger charge is 2.26. The molecule has 108 valence electrons. The van der Waals surface area contributed by atoms with Crippen molar-refractivity contribution in [2.75, 3.05) is 12.3 Å². The average molecular weight is 290 g/mol. The maximum absolute atomic E-state index is 13.7. The highest BCUT2D eigenvalue weighted by atomic mass is 19.1. The van der Waals surface area contributed by atoms with Crippen LogP contribution < -0.4 is 5.73 Å². The van der Waals surface area contributed by atoms with Gasteiger partial charge in [0.1, 0.15) is 23.8 Å². The fourth-order valence-electron chi connectivity index (χ4n) is 2.39. The number of nitrogens with two attached hydrogens (primary N) is 1. The number of rotatable bonds is 1. The van der Waals surface area contributed by atoms with E-state index in [1.807, 2.05) is 0 Å². The fourth-order valence-corrected chi connectivity index (χ4v) is 2.39. The molecule has 0 atom stereocenters. The Bertz CT molecular complexity index is 720. The molecule has 0 bridgehead atoms. The van der Waals surface area contributed by atoms with Gasteiger partial charge >= 0.3 is 0 Å². The van der Waals surface area contributed by atoms with E-state index in [0.717, 1.165) is 17.7 Å². The maximum Gasteiger partial charge on any atom is 0.257 e. The summed E-state index contributed by atoms with van der Waals surface area (Å²) in [6, 6.07) is 2.91. The molecule has 21 heavy (non-hydrogen) atoms. The summed E-state index contributed by atoms with van der Waals surface area (Å²) < 4.78 is 26.6. The number of carbonyl (C=O) groups excluding carboxylic acids is 1. The Morgan fingerprint density at radius 1 is 1.29 bits per heavy atom. The standard InChI is InChI=1S/C14H12F2N4O/c15-8-1-2-9(11(16)5-8)14(21)20-4-3-10-12(6-20)18-7-19-13(10)17/h1-2,5,7H,3-4,6H2,(H2,17,18,19). The lowest BCUT2D eigenvalue weighted by atomic mass is 10.0. The van der Waals surface area contributed by atoms with Crippen molar-refractivity contribution in [2.45, 2.75) is 13.0 Å². The molecule has 0 spiro atoms. The Kier molecular flexibility index (Phi) is 3.25. The molecule has 7 heteroatoms. The van der Waals surface area contributed by atoms with Crippen molar-refractivity contribution < 1.29 is 13.6 Å². The van der Waals surface area contributed by atoms with Crippen LogP contribution >= 0.6 is 0 Å². The number of amides is 1. The van der Waals surface area contributed by atoms with Crippen LogP contribution in [0.15, 0.2) is 24.5 Å². The van der Waals surface area contributed by atoms with E-state index in [9.17, 15) is 13.6 Å². The molecule has 1 aliphatic heterocycles. The predicted molar refractivity (Wildman–Crippen MR) is 71.2 cm³/mol. The molecule has 1 aromatic heterocycles. The molecule has 2 aromatic rings. The minimum Gasteiger partial charge on any atom is -0.383 e. The highest BCUT2D eigenvalue weighted by molar-refractivity contribution is 5.94. The minimum absolute atomic E-state index is 0.151. The summed E-state index contributed by atoms with van der Waals surface area (Å²) in [6.07, 6.45) is 1.84. The van der Waals surface area contributed by atoms with Crippen molar-refractivity contribution in [3.63, 3.8) is 0 Å². The topological polar surface area (TPSA) is 72.1 Å². The number of benzene rings is 1. The zero-order valence-electron chi connectivity index (χ0n) is 11.0. The second-order valence-corrected chi connectivity index (χ2v) is 4.79. The van der Waals surface area contributed by atoms with Gasteiger partial charge in [-0.3, -0.25) is 4.79 Å². The smallest absolute Gasteiger partial charge is 0.257 e. The van der Waals surface area contributed by atoms with Crippen LogP contribution in [0.2, 0.25) is 0 Å². The van der Waals surface area contributed by atoms with E-state index in [-0.39, 0.29) is 12.1 Å². The van der Waals surface area contributed by atoms with Crippen LogP contribution in [0.25, 0.3) is 0 Å². The number of aromatic nitrogens is 2. The Balaban J connectivity index is 1.87. The van der Waals surface area contributed by atoms with E-state index in [1.165, 1.54) is 11.2 Å². The Hall–Kier alpha value is -2.57. The lowest BCUT2D eigenvalue weighted by Gasteiger charge is -2.28. The predicted octanol–water partition coefficient (Wildman–Crippen LogP) is 1.54. The first-order chi connectivity index (χ1) is 10.1. The molecule has 0 radical (unpaired) electrons. The van der Waals surface area contributed by atoms with Crippen LogP contribution in [-0.4, -0.2) is 27.3 Å². The molecule has 2 heterocycles. The van der Waals surface area contributed by atoms with Gasteiger partial charge in [-0.25, -0.2) is 18.7 Å². The maximum atomic E-state index is 13.7. The number of nitrogens with zero attached hydrogens (tertiary/aromatic N) is 3. The fraction of sp³-hybridized carbons (Fsp3) is 0.214. The van der Waals surface area contributed by atoms with Gasteiger partial charge in [0, 0.05) is 18.2 Å². The third kappa shape index (κ3) is 2.42. The molecule has 0 saturated carbocycles. The molecular formula is C14H12F2N4O. The highest BCUT2D eigenvalue weighted by Crippen LogP contribution is 2.22. The van der Waals surface area contributed by atoms with Gasteiger partial charge in [0.2, 0.25) is 0 Å². The van der Waals surface area contributed by atoms with Crippen molar-refractivity contribution in [1.82, 2.24) is 14.9 Å². The third-order valence-corrected chi connectivity index (χ3v) is 3.49. The van der Waals surface area contributed by atoms with Crippen molar-refractivity contribution in [3.8, 4) is 0 Å². The number of nitrogen functional groups attached to an aromatic ring is 1. The summed E-state index contributed by atoms with van der Waals surface area (Å²) in [5, 5.41) is 0. The molecule has 0 aliphatic carbocycles. The molecule has 1 aliphatic rings. The van der Waals surface area contributed by atoms with Crippen LogP contribution in [0, 0.1) is 11.6 Å². The Morgan fingerprint density at radius 3 is 2.86 bits per heavy atom. The number of fused-ring (bicyclic) bond motifs is 1. The van der Waals surface area contributed by atoms with Gasteiger partial charge in [-0.1, -0.05) is 0 Å². The summed E-state index contributed by atoms with van der Waals surface area (Å²) >= 11 is 0. The normalized spacial score (nSPS) is 13.9. The molecule has 1 amide bonds. The number of hydrogen-bond donors (Lipinski definition) is 1. The lowest BCUT2D eigenvalue weighted by molar-refractivity contribution is 0.0727. The zero-order valence-corrected chi connectivity index (χ0v) is 11.0. The van der Waals surface area contributed by atoms with E-state index < -0.39 is 17.5 Å². The van der Waals surface area contributed by atoms with Crippen LogP contribution in [0.1, 0.15) is 21.6 Å². The molecular weight excluding hydrogens is 278 g/mol. The number of carbonyl (C=O) groups is 1. The molecule has 0 unspecified atom stereocenters. The SMILES string of the molecule is Nc1ncnc2c1CCN(C(=O)c1ccc(F)cc1F)C2. The van der Waals surface area contributed by atoms with Crippen molar-refractivity contribution in [3.05, 3.63) is 53.0 Å². The minimum atomic E-state index is -0.868. The van der Waals surface area contributed by atoms with Crippen molar-refractivity contribution in [1.29, 1.82) is 0 Å². The second-order valence-electron chi connectivity index (χ2n) is 4.79.